The molecule has 0 amide bonds. The van der Waals surface area contributed by atoms with E-state index in [1.165, 1.54) is 0 Å². The van der Waals surface area contributed by atoms with E-state index in [4.69, 9.17) is 26.1 Å². The molecule has 4 heterocycles. The van der Waals surface area contributed by atoms with Crippen LogP contribution >= 0.6 is 11.6 Å². The third-order valence-electron chi connectivity index (χ3n) is 7.60. The summed E-state index contributed by atoms with van der Waals surface area (Å²) in [5, 5.41) is 8.15. The molecule has 200 valence electrons. The van der Waals surface area contributed by atoms with Gasteiger partial charge in [0, 0.05) is 24.3 Å². The second kappa shape index (κ2) is 10.7. The van der Waals surface area contributed by atoms with Crippen LogP contribution in [0.15, 0.2) is 72.1 Å². The maximum atomic E-state index is 6.53. The van der Waals surface area contributed by atoms with Crippen LogP contribution in [0.4, 0.5) is 17.2 Å². The Morgan fingerprint density at radius 1 is 1.13 bits per heavy atom. The van der Waals surface area contributed by atoms with Crippen LogP contribution in [0.5, 0.6) is 5.75 Å². The molecule has 39 heavy (non-hydrogen) atoms. The van der Waals surface area contributed by atoms with E-state index >= 15 is 0 Å². The number of piperidine rings is 1. The molecule has 1 spiro atoms. The van der Waals surface area contributed by atoms with E-state index in [1.54, 1.807) is 12.5 Å². The fraction of sp³-hybridized carbons (Fsp3) is 0.310. The van der Waals surface area contributed by atoms with Crippen molar-refractivity contribution in [3.8, 4) is 5.75 Å². The first-order chi connectivity index (χ1) is 19.0. The summed E-state index contributed by atoms with van der Waals surface area (Å²) in [6, 6.07) is 17.8. The number of aliphatic imine (C=N–C) groups is 1. The average molecular weight is 544 g/mol. The third kappa shape index (κ3) is 5.07. The summed E-state index contributed by atoms with van der Waals surface area (Å²) in [5.74, 6) is 1.24. The molecule has 10 heteroatoms. The highest BCUT2D eigenvalue weighted by Crippen LogP contribution is 2.38. The minimum Gasteiger partial charge on any atom is -0.486 e. The van der Waals surface area contributed by atoms with Crippen molar-refractivity contribution >= 4 is 45.7 Å². The standard InChI is InChI=1S/C29H30ClN7O2/c1-19-29(10-13-31-14-11-29)37(2)28(39-19)36-20-6-8-25-23(15-20)27(34-18-33-25)35-21-7-9-26(24(30)16-21)38-17-22-5-3-4-12-32-22/h3-9,12,15-16,18-19,31H,10-11,13-14,17H2,1-2H3,(H,33,34,35). The number of pyridine rings is 1. The summed E-state index contributed by atoms with van der Waals surface area (Å²) < 4.78 is 12.1. The molecule has 6 rings (SSSR count). The van der Waals surface area contributed by atoms with Crippen LogP contribution < -0.4 is 15.4 Å². The molecule has 1 unspecified atom stereocenters. The number of halogens is 1. The largest absolute Gasteiger partial charge is 0.486 e. The lowest BCUT2D eigenvalue weighted by Crippen LogP contribution is -2.54. The van der Waals surface area contributed by atoms with Gasteiger partial charge in [0.1, 0.15) is 30.6 Å². The summed E-state index contributed by atoms with van der Waals surface area (Å²) in [4.78, 5) is 20.3. The first-order valence-electron chi connectivity index (χ1n) is 13.1. The predicted molar refractivity (Wildman–Crippen MR) is 153 cm³/mol. The number of benzene rings is 2. The minimum atomic E-state index is -0.0243. The van der Waals surface area contributed by atoms with Gasteiger partial charge in [-0.3, -0.25) is 4.98 Å². The number of anilines is 2. The Morgan fingerprint density at radius 3 is 2.79 bits per heavy atom. The van der Waals surface area contributed by atoms with Crippen LogP contribution in [0.2, 0.25) is 5.02 Å². The van der Waals surface area contributed by atoms with Crippen molar-refractivity contribution in [3.63, 3.8) is 0 Å². The molecule has 0 saturated carbocycles. The number of hydrogen-bond acceptors (Lipinski definition) is 8. The van der Waals surface area contributed by atoms with Gasteiger partial charge in [-0.25, -0.2) is 9.97 Å². The lowest BCUT2D eigenvalue weighted by atomic mass is 9.83. The van der Waals surface area contributed by atoms with Gasteiger partial charge in [0.25, 0.3) is 6.02 Å². The molecule has 2 saturated heterocycles. The van der Waals surface area contributed by atoms with Crippen molar-refractivity contribution in [3.05, 3.63) is 77.8 Å². The van der Waals surface area contributed by atoms with Crippen LogP contribution in [0.3, 0.4) is 0 Å². The van der Waals surface area contributed by atoms with Gasteiger partial charge in [-0.15, -0.1) is 0 Å². The van der Waals surface area contributed by atoms with E-state index in [-0.39, 0.29) is 11.6 Å². The fourth-order valence-electron chi connectivity index (χ4n) is 5.30. The van der Waals surface area contributed by atoms with Crippen molar-refractivity contribution in [1.29, 1.82) is 0 Å². The molecule has 0 aliphatic carbocycles. The Balaban J connectivity index is 1.23. The van der Waals surface area contributed by atoms with Gasteiger partial charge in [-0.1, -0.05) is 17.7 Å². The van der Waals surface area contributed by atoms with Crippen LogP contribution in [-0.4, -0.2) is 57.7 Å². The number of rotatable bonds is 6. The van der Waals surface area contributed by atoms with Gasteiger partial charge in [0.2, 0.25) is 0 Å². The number of nitrogens with one attached hydrogen (secondary N) is 2. The molecule has 2 N–H and O–H groups in total. The Bertz CT molecular complexity index is 1510. The van der Waals surface area contributed by atoms with Gasteiger partial charge in [0.05, 0.1) is 27.5 Å². The van der Waals surface area contributed by atoms with Crippen molar-refractivity contribution in [2.45, 2.75) is 38.0 Å². The van der Waals surface area contributed by atoms with Crippen LogP contribution in [-0.2, 0) is 11.3 Å². The minimum absolute atomic E-state index is 0.0243. The number of ether oxygens (including phenoxy) is 2. The zero-order valence-electron chi connectivity index (χ0n) is 21.9. The molecular weight excluding hydrogens is 514 g/mol. The Kier molecular flexibility index (Phi) is 6.93. The van der Waals surface area contributed by atoms with Crippen molar-refractivity contribution < 1.29 is 9.47 Å². The highest BCUT2D eigenvalue weighted by atomic mass is 35.5. The maximum Gasteiger partial charge on any atom is 0.293 e. The van der Waals surface area contributed by atoms with E-state index in [2.05, 4.69) is 44.5 Å². The lowest BCUT2D eigenvalue weighted by molar-refractivity contribution is 0.0899. The molecule has 0 bridgehead atoms. The number of hydrogen-bond donors (Lipinski definition) is 2. The van der Waals surface area contributed by atoms with Gasteiger partial charge in [-0.05, 0) is 81.4 Å². The van der Waals surface area contributed by atoms with Gasteiger partial charge in [0.15, 0.2) is 0 Å². The summed E-state index contributed by atoms with van der Waals surface area (Å²) in [5.41, 5.74) is 3.17. The molecule has 9 nitrogen and oxygen atoms in total. The highest BCUT2D eigenvalue weighted by Gasteiger charge is 2.50. The van der Waals surface area contributed by atoms with Crippen LogP contribution in [0.1, 0.15) is 25.5 Å². The number of amidine groups is 1. The van der Waals surface area contributed by atoms with E-state index in [0.29, 0.717) is 29.2 Å². The monoisotopic (exact) mass is 543 g/mol. The van der Waals surface area contributed by atoms with Crippen molar-refractivity contribution in [1.82, 2.24) is 25.2 Å². The second-order valence-corrected chi connectivity index (χ2v) is 10.3. The zero-order valence-corrected chi connectivity index (χ0v) is 22.7. The first kappa shape index (κ1) is 25.3. The van der Waals surface area contributed by atoms with E-state index in [0.717, 1.165) is 53.9 Å². The van der Waals surface area contributed by atoms with E-state index in [1.807, 2.05) is 54.6 Å². The highest BCUT2D eigenvalue weighted by molar-refractivity contribution is 6.32. The van der Waals surface area contributed by atoms with Gasteiger partial charge in [-0.2, -0.15) is 4.99 Å². The average Bonchev–Trinajstić information content (AvgIpc) is 3.17. The molecule has 1 atom stereocenters. The zero-order chi connectivity index (χ0) is 26.8. The van der Waals surface area contributed by atoms with Crippen LogP contribution in [0.25, 0.3) is 10.9 Å². The molecule has 2 aromatic heterocycles. The summed E-state index contributed by atoms with van der Waals surface area (Å²) >= 11 is 6.53. The van der Waals surface area contributed by atoms with Crippen molar-refractivity contribution in [2.75, 3.05) is 25.5 Å². The fourth-order valence-corrected chi connectivity index (χ4v) is 5.54. The summed E-state index contributed by atoms with van der Waals surface area (Å²) in [6.45, 7) is 4.44. The first-order valence-corrected chi connectivity index (χ1v) is 13.4. The summed E-state index contributed by atoms with van der Waals surface area (Å²) in [7, 11) is 2.08. The smallest absolute Gasteiger partial charge is 0.293 e. The maximum absolute atomic E-state index is 6.53. The molecule has 0 radical (unpaired) electrons. The molecular formula is C29H30ClN7O2. The molecule has 2 aliphatic heterocycles. The normalized spacial score (nSPS) is 19.4. The SMILES string of the molecule is CC1OC(=Nc2ccc3ncnc(Nc4ccc(OCc5ccccn5)c(Cl)c4)c3c2)N(C)C12CCNCC2. The van der Waals surface area contributed by atoms with Gasteiger partial charge < -0.3 is 25.0 Å². The van der Waals surface area contributed by atoms with Crippen molar-refractivity contribution in [2.24, 2.45) is 4.99 Å². The molecule has 2 fully saturated rings. The van der Waals surface area contributed by atoms with E-state index in [9.17, 15) is 0 Å². The summed E-state index contributed by atoms with van der Waals surface area (Å²) in [6.07, 6.45) is 5.40. The number of likely N-dealkylation sites (N-methyl/N-ethyl adjacent to an activating group) is 1. The molecule has 2 aromatic carbocycles. The quantitative estimate of drug-likeness (QED) is 0.331. The number of nitrogens with zero attached hydrogens (tertiary/aromatic N) is 5. The third-order valence-corrected chi connectivity index (χ3v) is 7.90. The number of aromatic nitrogens is 3. The van der Waals surface area contributed by atoms with Crippen LogP contribution in [0, 0.1) is 0 Å². The predicted octanol–water partition coefficient (Wildman–Crippen LogP) is 5.46. The lowest BCUT2D eigenvalue weighted by Gasteiger charge is -2.40. The topological polar surface area (TPSA) is 96.8 Å². The van der Waals surface area contributed by atoms with Gasteiger partial charge >= 0.3 is 0 Å². The van der Waals surface area contributed by atoms with E-state index < -0.39 is 0 Å². The molecule has 4 aromatic rings. The molecule has 2 aliphatic rings. The number of fused-ring (bicyclic) bond motifs is 1. The Morgan fingerprint density at radius 2 is 2.00 bits per heavy atom. The Hall–Kier alpha value is -3.95. The second-order valence-electron chi connectivity index (χ2n) is 9.87. The Labute approximate surface area is 232 Å².